The van der Waals surface area contributed by atoms with E-state index in [1.54, 1.807) is 24.3 Å². The summed E-state index contributed by atoms with van der Waals surface area (Å²) in [6.45, 7) is -0.307. The monoisotopic (exact) mass is 779 g/mol. The SMILES string of the molecule is COC(=O)N(OC(=O)C(F)(F)F)c1ccc(S(=O)(=O)C(C)C)c([C@H]2CCCN2C(=O)[C@H](Nc2ccc3c(N)nccc3c2)c2cccc(OC(F)F)c2)c1. The van der Waals surface area contributed by atoms with E-state index >= 15 is 0 Å². The summed E-state index contributed by atoms with van der Waals surface area (Å²) in [4.78, 5) is 48.5. The maximum absolute atomic E-state index is 14.7. The average Bonchev–Trinajstić information content (AvgIpc) is 3.61. The summed E-state index contributed by atoms with van der Waals surface area (Å²) < 4.78 is 102. The van der Waals surface area contributed by atoms with Gasteiger partial charge in [0.15, 0.2) is 9.84 Å². The molecule has 0 saturated carbocycles. The number of nitrogens with one attached hydrogen (secondary N) is 1. The summed E-state index contributed by atoms with van der Waals surface area (Å²) in [5, 5.41) is 3.35. The van der Waals surface area contributed by atoms with Gasteiger partial charge in [-0.25, -0.2) is 23.0 Å². The number of rotatable bonds is 10. The number of anilines is 3. The molecule has 5 rings (SSSR count). The van der Waals surface area contributed by atoms with Crippen LogP contribution >= 0.6 is 0 Å². The van der Waals surface area contributed by atoms with Crippen LogP contribution in [0.5, 0.6) is 5.75 Å². The molecule has 1 aliphatic heterocycles. The molecule has 0 aliphatic carbocycles. The second kappa shape index (κ2) is 15.7. The maximum atomic E-state index is 14.7. The molecule has 1 aromatic heterocycles. The molecule has 2 amide bonds. The van der Waals surface area contributed by atoms with Gasteiger partial charge in [0, 0.05) is 23.8 Å². The number of alkyl halides is 5. The second-order valence-corrected chi connectivity index (χ2v) is 14.8. The van der Waals surface area contributed by atoms with E-state index in [4.69, 9.17) is 5.73 Å². The lowest BCUT2D eigenvalue weighted by Gasteiger charge is -2.32. The van der Waals surface area contributed by atoms with Crippen LogP contribution < -0.4 is 20.9 Å². The lowest BCUT2D eigenvalue weighted by atomic mass is 10.0. The van der Waals surface area contributed by atoms with Crippen LogP contribution in [0.25, 0.3) is 10.8 Å². The van der Waals surface area contributed by atoms with Crippen molar-refractivity contribution in [1.29, 1.82) is 0 Å². The molecule has 0 radical (unpaired) electrons. The number of likely N-dealkylation sites (tertiary alicyclic amines) is 1. The number of nitrogens with zero attached hydrogens (tertiary/aromatic N) is 3. The van der Waals surface area contributed by atoms with Gasteiger partial charge in [0.25, 0.3) is 0 Å². The minimum Gasteiger partial charge on any atom is -0.450 e. The van der Waals surface area contributed by atoms with Crippen LogP contribution in [-0.4, -0.2) is 68.0 Å². The Bertz CT molecular complexity index is 2170. The van der Waals surface area contributed by atoms with Gasteiger partial charge < -0.3 is 30.3 Å². The van der Waals surface area contributed by atoms with Crippen LogP contribution in [0.2, 0.25) is 0 Å². The van der Waals surface area contributed by atoms with Gasteiger partial charge >= 0.3 is 24.9 Å². The number of nitrogens with two attached hydrogens (primary N) is 1. The number of hydroxylamine groups is 1. The number of nitrogen functional groups attached to an aromatic ring is 1. The molecular formula is C35H34F5N5O8S. The fourth-order valence-electron chi connectivity index (χ4n) is 5.98. The Labute approximate surface area is 305 Å². The topological polar surface area (TPSA) is 170 Å². The third-order valence-corrected chi connectivity index (χ3v) is 10.8. The van der Waals surface area contributed by atoms with E-state index in [-0.39, 0.29) is 45.6 Å². The predicted molar refractivity (Wildman–Crippen MR) is 185 cm³/mol. The van der Waals surface area contributed by atoms with E-state index in [2.05, 4.69) is 24.6 Å². The summed E-state index contributed by atoms with van der Waals surface area (Å²) in [5.74, 6) is -3.39. The first-order valence-corrected chi connectivity index (χ1v) is 17.8. The third-order valence-electron chi connectivity index (χ3n) is 8.57. The standard InChI is InChI=1S/C35H34F5N5O8S/c1-19(2)54(49,50)28-12-10-23(45(34(48)51-3)53-32(47)35(38,39)40)18-26(28)27-8-5-15-44(27)31(46)29(21-6-4-7-24(17-21)52-33(36)37)43-22-9-11-25-20(16-22)13-14-42-30(25)41/h4,6-7,9-14,16-19,27,29,33,43H,5,8,15H2,1-3H3,(H2,41,42)/t27-,29-/m1/s1. The van der Waals surface area contributed by atoms with E-state index < -0.39 is 63.6 Å². The Kier molecular flexibility index (Phi) is 11.5. The number of sulfone groups is 1. The van der Waals surface area contributed by atoms with E-state index in [0.717, 1.165) is 25.3 Å². The molecule has 2 heterocycles. The first-order valence-electron chi connectivity index (χ1n) is 16.2. The molecule has 2 atom stereocenters. The summed E-state index contributed by atoms with van der Waals surface area (Å²) in [6, 6.07) is 12.8. The van der Waals surface area contributed by atoms with Crippen molar-refractivity contribution >= 4 is 55.8 Å². The second-order valence-electron chi connectivity index (χ2n) is 12.3. The molecule has 1 aliphatic rings. The van der Waals surface area contributed by atoms with Gasteiger partial charge in [-0.3, -0.25) is 4.79 Å². The number of fused-ring (bicyclic) bond motifs is 1. The molecule has 54 heavy (non-hydrogen) atoms. The number of halogens is 5. The molecule has 3 N–H and O–H groups in total. The minimum absolute atomic E-state index is 0.0595. The molecule has 3 aromatic carbocycles. The van der Waals surface area contributed by atoms with E-state index in [9.17, 15) is 44.8 Å². The highest BCUT2D eigenvalue weighted by Gasteiger charge is 2.45. The van der Waals surface area contributed by atoms with Crippen molar-refractivity contribution in [2.24, 2.45) is 0 Å². The van der Waals surface area contributed by atoms with Crippen molar-refractivity contribution in [3.63, 3.8) is 0 Å². The maximum Gasteiger partial charge on any atom is 0.493 e. The third kappa shape index (κ3) is 8.40. The highest BCUT2D eigenvalue weighted by Crippen LogP contribution is 2.41. The normalized spacial score (nSPS) is 15.3. The van der Waals surface area contributed by atoms with E-state index in [0.29, 0.717) is 22.9 Å². The highest BCUT2D eigenvalue weighted by atomic mass is 32.2. The Morgan fingerprint density at radius 2 is 1.78 bits per heavy atom. The van der Waals surface area contributed by atoms with Crippen molar-refractivity contribution in [2.45, 2.75) is 61.7 Å². The van der Waals surface area contributed by atoms with Gasteiger partial charge in [0.2, 0.25) is 5.91 Å². The number of carbonyl (C=O) groups excluding carboxylic acids is 3. The number of ether oxygens (including phenoxy) is 2. The van der Waals surface area contributed by atoms with Crippen LogP contribution in [0.1, 0.15) is 49.9 Å². The van der Waals surface area contributed by atoms with Crippen molar-refractivity contribution in [3.05, 3.63) is 84.1 Å². The largest absolute Gasteiger partial charge is 0.493 e. The Morgan fingerprint density at radius 1 is 1.04 bits per heavy atom. The summed E-state index contributed by atoms with van der Waals surface area (Å²) in [7, 11) is -3.33. The first kappa shape index (κ1) is 39.5. The zero-order valence-electron chi connectivity index (χ0n) is 28.8. The summed E-state index contributed by atoms with van der Waals surface area (Å²) >= 11 is 0. The molecule has 13 nitrogen and oxygen atoms in total. The number of hydrogen-bond donors (Lipinski definition) is 2. The van der Waals surface area contributed by atoms with E-state index in [1.165, 1.54) is 49.2 Å². The number of carbonyl (C=O) groups is 3. The van der Waals surface area contributed by atoms with Crippen molar-refractivity contribution in [1.82, 2.24) is 9.88 Å². The van der Waals surface area contributed by atoms with Crippen molar-refractivity contribution in [2.75, 3.05) is 29.8 Å². The van der Waals surface area contributed by atoms with Gasteiger partial charge in [0.1, 0.15) is 17.6 Å². The lowest BCUT2D eigenvalue weighted by Crippen LogP contribution is -2.39. The van der Waals surface area contributed by atoms with Gasteiger partial charge in [-0.15, -0.1) is 5.06 Å². The predicted octanol–water partition coefficient (Wildman–Crippen LogP) is 6.71. The number of pyridine rings is 1. The molecular weight excluding hydrogens is 745 g/mol. The van der Waals surface area contributed by atoms with Crippen LogP contribution in [0.4, 0.5) is 43.9 Å². The highest BCUT2D eigenvalue weighted by molar-refractivity contribution is 7.92. The fraction of sp³-hybridized carbons (Fsp3) is 0.314. The first-order chi connectivity index (χ1) is 25.4. The lowest BCUT2D eigenvalue weighted by molar-refractivity contribution is -0.200. The van der Waals surface area contributed by atoms with Gasteiger partial charge in [-0.2, -0.15) is 22.0 Å². The van der Waals surface area contributed by atoms with Gasteiger partial charge in [0.05, 0.1) is 29.0 Å². The molecule has 1 saturated heterocycles. The number of amides is 2. The molecule has 0 bridgehead atoms. The molecule has 0 spiro atoms. The molecule has 1 fully saturated rings. The van der Waals surface area contributed by atoms with Crippen LogP contribution in [0.3, 0.4) is 0 Å². The van der Waals surface area contributed by atoms with Crippen LogP contribution in [0.15, 0.2) is 77.8 Å². The zero-order valence-corrected chi connectivity index (χ0v) is 29.7. The zero-order chi connectivity index (χ0) is 39.5. The average molecular weight is 780 g/mol. The minimum atomic E-state index is -5.51. The van der Waals surface area contributed by atoms with Crippen LogP contribution in [-0.2, 0) is 29.0 Å². The fourth-order valence-corrected chi connectivity index (χ4v) is 7.27. The van der Waals surface area contributed by atoms with Gasteiger partial charge in [-0.05, 0) is 97.8 Å². The molecule has 19 heteroatoms. The van der Waals surface area contributed by atoms with Gasteiger partial charge in [-0.1, -0.05) is 12.1 Å². The van der Waals surface area contributed by atoms with Crippen molar-refractivity contribution in [3.8, 4) is 5.75 Å². The summed E-state index contributed by atoms with van der Waals surface area (Å²) in [5.41, 5.74) is 6.01. The Balaban J connectivity index is 1.62. The Morgan fingerprint density at radius 3 is 2.44 bits per heavy atom. The quantitative estimate of drug-likeness (QED) is 0.130. The summed E-state index contributed by atoms with van der Waals surface area (Å²) in [6.07, 6.45) is -5.08. The van der Waals surface area contributed by atoms with Crippen molar-refractivity contribution < 1.29 is 59.1 Å². The molecule has 0 unspecified atom stereocenters. The van der Waals surface area contributed by atoms with E-state index in [1.807, 2.05) is 0 Å². The molecule has 4 aromatic rings. The Hall–Kier alpha value is -5.72. The smallest absolute Gasteiger partial charge is 0.450 e. The number of aromatic nitrogens is 1. The number of methoxy groups -OCH3 is 1. The number of benzene rings is 3. The van der Waals surface area contributed by atoms with Crippen LogP contribution in [0, 0.1) is 0 Å². The molecule has 288 valence electrons. The number of hydrogen-bond acceptors (Lipinski definition) is 11.